The van der Waals surface area contributed by atoms with Gasteiger partial charge in [0.1, 0.15) is 18.0 Å². The fourth-order valence-corrected chi connectivity index (χ4v) is 4.00. The maximum Gasteiger partial charge on any atom is 0.140 e. The van der Waals surface area contributed by atoms with Gasteiger partial charge in [-0.15, -0.1) is 0 Å². The number of aromatic nitrogens is 3. The lowest BCUT2D eigenvalue weighted by Crippen LogP contribution is -2.63. The molecule has 0 saturated carbocycles. The largest absolute Gasteiger partial charge is 0.369 e. The van der Waals surface area contributed by atoms with E-state index in [2.05, 4.69) is 29.7 Å². The second-order valence-electron chi connectivity index (χ2n) is 7.15. The van der Waals surface area contributed by atoms with Gasteiger partial charge in [0.25, 0.3) is 0 Å². The smallest absolute Gasteiger partial charge is 0.140 e. The number of hydrogen-bond donors (Lipinski definition) is 0. The van der Waals surface area contributed by atoms with Gasteiger partial charge in [0, 0.05) is 62.6 Å². The summed E-state index contributed by atoms with van der Waals surface area (Å²) in [6.45, 7) is 6.00. The van der Waals surface area contributed by atoms with E-state index in [0.29, 0.717) is 6.04 Å². The average molecular weight is 364 g/mol. The summed E-state index contributed by atoms with van der Waals surface area (Å²) in [7, 11) is 0. The Hall–Kier alpha value is -2.80. The van der Waals surface area contributed by atoms with Crippen LogP contribution >= 0.6 is 0 Å². The van der Waals surface area contributed by atoms with Crippen molar-refractivity contribution in [3.05, 3.63) is 54.9 Å². The molecule has 4 heterocycles. The number of piperazine rings is 1. The van der Waals surface area contributed by atoms with Crippen molar-refractivity contribution in [3.8, 4) is 0 Å². The minimum Gasteiger partial charge on any atom is -0.369 e. The van der Waals surface area contributed by atoms with E-state index in [1.165, 1.54) is 12.1 Å². The zero-order valence-electron chi connectivity index (χ0n) is 15.0. The molecule has 1 aromatic carbocycles. The molecule has 2 saturated heterocycles. The molecule has 27 heavy (non-hydrogen) atoms. The second-order valence-corrected chi connectivity index (χ2v) is 7.15. The zero-order valence-corrected chi connectivity index (χ0v) is 15.0. The third-order valence-corrected chi connectivity index (χ3v) is 5.60. The van der Waals surface area contributed by atoms with E-state index in [-0.39, 0.29) is 5.82 Å². The third-order valence-electron chi connectivity index (χ3n) is 5.60. The lowest BCUT2D eigenvalue weighted by atomic mass is 10.0. The molecule has 0 amide bonds. The monoisotopic (exact) mass is 364 g/mol. The Morgan fingerprint density at radius 1 is 0.889 bits per heavy atom. The maximum absolute atomic E-state index is 13.1. The van der Waals surface area contributed by atoms with Crippen LogP contribution in [0.2, 0.25) is 0 Å². The number of hydrogen-bond acceptors (Lipinski definition) is 6. The van der Waals surface area contributed by atoms with Crippen LogP contribution in [0, 0.1) is 5.82 Å². The molecule has 6 nitrogen and oxygen atoms in total. The van der Waals surface area contributed by atoms with Crippen LogP contribution in [0.15, 0.2) is 49.1 Å². The van der Waals surface area contributed by atoms with Gasteiger partial charge in [-0.3, -0.25) is 9.88 Å². The van der Waals surface area contributed by atoms with Crippen LogP contribution in [0.25, 0.3) is 10.9 Å². The average Bonchev–Trinajstić information content (AvgIpc) is 2.68. The summed E-state index contributed by atoms with van der Waals surface area (Å²) >= 11 is 0. The van der Waals surface area contributed by atoms with Gasteiger partial charge in [-0.2, -0.15) is 0 Å². The molecular weight excluding hydrogens is 343 g/mol. The lowest BCUT2D eigenvalue weighted by Gasteiger charge is -2.49. The molecule has 0 unspecified atom stereocenters. The molecule has 2 aliphatic heterocycles. The Labute approximate surface area is 157 Å². The van der Waals surface area contributed by atoms with Gasteiger partial charge in [-0.05, 0) is 30.3 Å². The van der Waals surface area contributed by atoms with E-state index in [1.54, 1.807) is 18.7 Å². The highest BCUT2D eigenvalue weighted by Crippen LogP contribution is 2.28. The fraction of sp³-hybridized carbons (Fsp3) is 0.350. The normalized spacial score (nSPS) is 18.7. The van der Waals surface area contributed by atoms with Crippen LogP contribution in [-0.4, -0.2) is 65.2 Å². The number of pyridine rings is 1. The number of halogens is 1. The van der Waals surface area contributed by atoms with E-state index >= 15 is 0 Å². The minimum atomic E-state index is -0.181. The highest BCUT2D eigenvalue weighted by molar-refractivity contribution is 5.88. The van der Waals surface area contributed by atoms with Crippen molar-refractivity contribution in [1.29, 1.82) is 0 Å². The first-order valence-corrected chi connectivity index (χ1v) is 9.32. The molecular formula is C20H21FN6. The van der Waals surface area contributed by atoms with Crippen molar-refractivity contribution >= 4 is 22.4 Å². The minimum absolute atomic E-state index is 0.181. The van der Waals surface area contributed by atoms with Crippen molar-refractivity contribution < 1.29 is 4.39 Å². The number of fused-ring (bicyclic) bond motifs is 1. The van der Waals surface area contributed by atoms with Gasteiger partial charge >= 0.3 is 0 Å². The second kappa shape index (κ2) is 6.74. The maximum atomic E-state index is 13.1. The van der Waals surface area contributed by atoms with Crippen LogP contribution in [0.5, 0.6) is 0 Å². The van der Waals surface area contributed by atoms with Crippen LogP contribution in [0.3, 0.4) is 0 Å². The first kappa shape index (κ1) is 16.4. The standard InChI is InChI=1S/C20H21FN6/c21-15-1-3-16(4-2-15)25-7-9-26(10-8-25)17-12-27(13-17)20-18-5-6-22-11-19(18)23-14-24-20/h1-6,11,14,17H,7-10,12-13H2. The number of nitrogens with zero attached hydrogens (tertiary/aromatic N) is 6. The zero-order chi connectivity index (χ0) is 18.2. The Kier molecular flexibility index (Phi) is 4.09. The van der Waals surface area contributed by atoms with Gasteiger partial charge in [-0.25, -0.2) is 14.4 Å². The van der Waals surface area contributed by atoms with Gasteiger partial charge in [0.2, 0.25) is 0 Å². The predicted octanol–water partition coefficient (Wildman–Crippen LogP) is 2.17. The van der Waals surface area contributed by atoms with Gasteiger partial charge < -0.3 is 9.80 Å². The first-order chi connectivity index (χ1) is 13.3. The van der Waals surface area contributed by atoms with Crippen molar-refractivity contribution in [3.63, 3.8) is 0 Å². The summed E-state index contributed by atoms with van der Waals surface area (Å²) < 4.78 is 13.1. The summed E-state index contributed by atoms with van der Waals surface area (Å²) in [5, 5.41) is 1.06. The number of benzene rings is 1. The molecule has 2 aliphatic rings. The molecule has 2 aromatic heterocycles. The highest BCUT2D eigenvalue weighted by atomic mass is 19.1. The van der Waals surface area contributed by atoms with E-state index in [4.69, 9.17) is 0 Å². The summed E-state index contributed by atoms with van der Waals surface area (Å²) in [5.74, 6) is 0.823. The summed E-state index contributed by atoms with van der Waals surface area (Å²) in [5.41, 5.74) is 1.99. The number of anilines is 2. The molecule has 2 fully saturated rings. The molecule has 0 N–H and O–H groups in total. The van der Waals surface area contributed by atoms with E-state index in [0.717, 1.165) is 61.7 Å². The Balaban J connectivity index is 1.20. The van der Waals surface area contributed by atoms with E-state index in [1.807, 2.05) is 18.2 Å². The van der Waals surface area contributed by atoms with Gasteiger partial charge in [0.05, 0.1) is 11.7 Å². The summed E-state index contributed by atoms with van der Waals surface area (Å²) in [6.07, 6.45) is 5.20. The van der Waals surface area contributed by atoms with Crippen molar-refractivity contribution in [2.24, 2.45) is 0 Å². The van der Waals surface area contributed by atoms with Crippen molar-refractivity contribution in [1.82, 2.24) is 19.9 Å². The number of rotatable bonds is 3. The van der Waals surface area contributed by atoms with Crippen LogP contribution in [0.1, 0.15) is 0 Å². The van der Waals surface area contributed by atoms with Crippen molar-refractivity contribution in [2.45, 2.75) is 6.04 Å². The first-order valence-electron chi connectivity index (χ1n) is 9.32. The molecule has 0 spiro atoms. The Morgan fingerprint density at radius 3 is 2.44 bits per heavy atom. The quantitative estimate of drug-likeness (QED) is 0.710. The molecule has 0 atom stereocenters. The van der Waals surface area contributed by atoms with Gasteiger partial charge in [-0.1, -0.05) is 0 Å². The van der Waals surface area contributed by atoms with Crippen LogP contribution < -0.4 is 9.80 Å². The lowest BCUT2D eigenvalue weighted by molar-refractivity contribution is 0.157. The highest BCUT2D eigenvalue weighted by Gasteiger charge is 2.34. The molecule has 0 radical (unpaired) electrons. The van der Waals surface area contributed by atoms with Gasteiger partial charge in [0.15, 0.2) is 0 Å². The van der Waals surface area contributed by atoms with E-state index in [9.17, 15) is 4.39 Å². The molecule has 7 heteroatoms. The molecule has 5 rings (SSSR count). The predicted molar refractivity (Wildman–Crippen MR) is 104 cm³/mol. The fourth-order valence-electron chi connectivity index (χ4n) is 4.00. The summed E-state index contributed by atoms with van der Waals surface area (Å²) in [4.78, 5) is 20.1. The molecule has 0 bridgehead atoms. The molecule has 138 valence electrons. The van der Waals surface area contributed by atoms with Crippen LogP contribution in [0.4, 0.5) is 15.9 Å². The van der Waals surface area contributed by atoms with E-state index < -0.39 is 0 Å². The van der Waals surface area contributed by atoms with Crippen LogP contribution in [-0.2, 0) is 0 Å². The molecule has 0 aliphatic carbocycles. The topological polar surface area (TPSA) is 48.4 Å². The molecule has 3 aromatic rings. The van der Waals surface area contributed by atoms with Crippen molar-refractivity contribution in [2.75, 3.05) is 49.1 Å². The summed E-state index contributed by atoms with van der Waals surface area (Å²) in [6, 6.07) is 9.35. The Bertz CT molecular complexity index is 927. The Morgan fingerprint density at radius 2 is 1.67 bits per heavy atom. The third kappa shape index (κ3) is 3.08. The SMILES string of the molecule is Fc1ccc(N2CCN(C3CN(c4ncnc5cnccc45)C3)CC2)cc1.